The minimum Gasteiger partial charge on any atom is -0.212 e. The molecular weight excluding hydrogens is 282 g/mol. The average Bonchev–Trinajstić information content (AvgIpc) is 3.20. The lowest BCUT2D eigenvalue weighted by Gasteiger charge is -2.23. The lowest BCUT2D eigenvalue weighted by Crippen LogP contribution is -2.37. The zero-order valence-corrected chi connectivity index (χ0v) is 12.7. The first-order valence-electron chi connectivity index (χ1n) is 6.65. The topological polar surface area (TPSA) is 37.4 Å². The minimum absolute atomic E-state index is 0.00257. The zero-order chi connectivity index (χ0) is 13.9. The van der Waals surface area contributed by atoms with E-state index in [1.165, 1.54) is 0 Å². The molecule has 1 aliphatic carbocycles. The Morgan fingerprint density at radius 2 is 1.95 bits per heavy atom. The van der Waals surface area contributed by atoms with Crippen LogP contribution in [-0.4, -0.2) is 36.9 Å². The Labute approximate surface area is 120 Å². The third-order valence-corrected chi connectivity index (χ3v) is 5.73. The van der Waals surface area contributed by atoms with E-state index >= 15 is 0 Å². The van der Waals surface area contributed by atoms with Gasteiger partial charge in [-0.05, 0) is 24.3 Å². The molecule has 0 saturated heterocycles. The van der Waals surface area contributed by atoms with Gasteiger partial charge in [-0.25, -0.2) is 8.42 Å². The Bertz CT molecular complexity index is 499. The number of hydrogen-bond donors (Lipinski definition) is 0. The van der Waals surface area contributed by atoms with Crippen LogP contribution in [0.1, 0.15) is 31.2 Å². The lowest BCUT2D eigenvalue weighted by molar-refractivity contribution is 0.420. The second kappa shape index (κ2) is 6.25. The van der Waals surface area contributed by atoms with Crippen LogP contribution in [0.5, 0.6) is 0 Å². The van der Waals surface area contributed by atoms with Crippen LogP contribution in [0.4, 0.5) is 0 Å². The summed E-state index contributed by atoms with van der Waals surface area (Å²) in [6.07, 6.45) is 1.94. The highest BCUT2D eigenvalue weighted by Crippen LogP contribution is 2.31. The van der Waals surface area contributed by atoms with E-state index in [1.807, 2.05) is 37.3 Å². The highest BCUT2D eigenvalue weighted by molar-refractivity contribution is 7.89. The van der Waals surface area contributed by atoms with E-state index in [4.69, 9.17) is 11.6 Å². The van der Waals surface area contributed by atoms with Crippen LogP contribution in [-0.2, 0) is 10.0 Å². The maximum absolute atomic E-state index is 12.5. The molecule has 0 bridgehead atoms. The van der Waals surface area contributed by atoms with E-state index in [1.54, 1.807) is 4.31 Å². The molecule has 0 aliphatic heterocycles. The van der Waals surface area contributed by atoms with E-state index in [0.717, 1.165) is 18.4 Å². The van der Waals surface area contributed by atoms with Crippen molar-refractivity contribution >= 4 is 21.6 Å². The fourth-order valence-corrected chi connectivity index (χ4v) is 4.62. The molecular formula is C14H20ClNO2S. The van der Waals surface area contributed by atoms with Gasteiger partial charge >= 0.3 is 0 Å². The number of alkyl halides is 1. The molecule has 0 heterocycles. The van der Waals surface area contributed by atoms with Gasteiger partial charge in [0.25, 0.3) is 0 Å². The minimum atomic E-state index is -3.22. The van der Waals surface area contributed by atoms with Crippen molar-refractivity contribution in [1.29, 1.82) is 0 Å². The number of nitrogens with zero attached hydrogens (tertiary/aromatic N) is 1. The standard InChI is InChI=1S/C14H20ClNO2S/c1-12(13-5-3-2-4-6-13)11-19(17,18)16(10-9-15)14-7-8-14/h2-6,12,14H,7-11H2,1H3. The molecule has 1 unspecified atom stereocenters. The van der Waals surface area contributed by atoms with Crippen LogP contribution in [0.2, 0.25) is 0 Å². The molecule has 1 atom stereocenters. The fraction of sp³-hybridized carbons (Fsp3) is 0.571. The summed E-state index contributed by atoms with van der Waals surface area (Å²) in [5.41, 5.74) is 1.06. The van der Waals surface area contributed by atoms with Crippen molar-refractivity contribution in [2.45, 2.75) is 31.7 Å². The molecule has 3 nitrogen and oxygen atoms in total. The smallest absolute Gasteiger partial charge is 0.212 e. The van der Waals surface area contributed by atoms with E-state index in [-0.39, 0.29) is 17.7 Å². The third kappa shape index (κ3) is 3.94. The molecule has 2 rings (SSSR count). The molecule has 106 valence electrons. The summed E-state index contributed by atoms with van der Waals surface area (Å²) in [4.78, 5) is 0. The summed E-state index contributed by atoms with van der Waals surface area (Å²) in [6.45, 7) is 2.38. The lowest BCUT2D eigenvalue weighted by atomic mass is 10.0. The van der Waals surface area contributed by atoms with Crippen LogP contribution in [0.15, 0.2) is 30.3 Å². The van der Waals surface area contributed by atoms with Gasteiger partial charge in [0.15, 0.2) is 0 Å². The second-order valence-electron chi connectivity index (χ2n) is 5.12. The van der Waals surface area contributed by atoms with Gasteiger partial charge in [-0.3, -0.25) is 0 Å². The molecule has 0 radical (unpaired) electrons. The Kier molecular flexibility index (Phi) is 4.87. The Morgan fingerprint density at radius 3 is 2.47 bits per heavy atom. The first kappa shape index (κ1) is 14.8. The Hall–Kier alpha value is -0.580. The summed E-state index contributed by atoms with van der Waals surface area (Å²) in [5, 5.41) is 0. The SMILES string of the molecule is CC(CS(=O)(=O)N(CCCl)C1CC1)c1ccccc1. The number of rotatable bonds is 7. The third-order valence-electron chi connectivity index (χ3n) is 3.45. The Morgan fingerprint density at radius 1 is 1.32 bits per heavy atom. The van der Waals surface area contributed by atoms with E-state index in [2.05, 4.69) is 0 Å². The van der Waals surface area contributed by atoms with E-state index in [9.17, 15) is 8.42 Å². The van der Waals surface area contributed by atoms with Crippen molar-refractivity contribution in [2.24, 2.45) is 0 Å². The summed E-state index contributed by atoms with van der Waals surface area (Å²) in [5.74, 6) is 0.516. The summed E-state index contributed by atoms with van der Waals surface area (Å²) < 4.78 is 26.5. The number of sulfonamides is 1. The largest absolute Gasteiger partial charge is 0.214 e. The quantitative estimate of drug-likeness (QED) is 0.726. The molecule has 0 spiro atoms. The highest BCUT2D eigenvalue weighted by atomic mass is 35.5. The molecule has 0 aromatic heterocycles. The molecule has 0 N–H and O–H groups in total. The van der Waals surface area contributed by atoms with Crippen molar-refractivity contribution in [1.82, 2.24) is 4.31 Å². The molecule has 0 amide bonds. The monoisotopic (exact) mass is 301 g/mol. The zero-order valence-electron chi connectivity index (χ0n) is 11.1. The Balaban J connectivity index is 2.07. The first-order chi connectivity index (χ1) is 9.04. The van der Waals surface area contributed by atoms with Crippen molar-refractivity contribution in [3.8, 4) is 0 Å². The van der Waals surface area contributed by atoms with Gasteiger partial charge < -0.3 is 0 Å². The van der Waals surface area contributed by atoms with Gasteiger partial charge in [-0.2, -0.15) is 4.31 Å². The van der Waals surface area contributed by atoms with Gasteiger partial charge in [0.2, 0.25) is 10.0 Å². The summed E-state index contributed by atoms with van der Waals surface area (Å²) in [7, 11) is -3.22. The van der Waals surface area contributed by atoms with Crippen LogP contribution in [0.25, 0.3) is 0 Å². The van der Waals surface area contributed by atoms with Gasteiger partial charge in [-0.1, -0.05) is 37.3 Å². The van der Waals surface area contributed by atoms with E-state index < -0.39 is 10.0 Å². The molecule has 1 aliphatic rings. The second-order valence-corrected chi connectivity index (χ2v) is 7.47. The van der Waals surface area contributed by atoms with Gasteiger partial charge in [0.1, 0.15) is 0 Å². The molecule has 19 heavy (non-hydrogen) atoms. The van der Waals surface area contributed by atoms with Crippen molar-refractivity contribution in [2.75, 3.05) is 18.2 Å². The molecule has 1 aromatic carbocycles. The predicted molar refractivity (Wildman–Crippen MR) is 79.1 cm³/mol. The number of halogens is 1. The van der Waals surface area contributed by atoms with Gasteiger partial charge in [0.05, 0.1) is 5.75 Å². The molecule has 1 fully saturated rings. The predicted octanol–water partition coefficient (Wildman–Crippen LogP) is 2.82. The van der Waals surface area contributed by atoms with Gasteiger partial charge in [-0.15, -0.1) is 11.6 Å². The number of benzene rings is 1. The molecule has 1 saturated carbocycles. The highest BCUT2D eigenvalue weighted by Gasteiger charge is 2.37. The molecule has 5 heteroatoms. The van der Waals surface area contributed by atoms with Crippen LogP contribution in [0, 0.1) is 0 Å². The average molecular weight is 302 g/mol. The fourth-order valence-electron chi connectivity index (χ4n) is 2.28. The van der Waals surface area contributed by atoms with Crippen LogP contribution in [0.3, 0.4) is 0 Å². The maximum Gasteiger partial charge on any atom is 0.214 e. The van der Waals surface area contributed by atoms with Gasteiger partial charge in [0, 0.05) is 18.5 Å². The molecule has 1 aromatic rings. The van der Waals surface area contributed by atoms with Crippen molar-refractivity contribution in [3.05, 3.63) is 35.9 Å². The van der Waals surface area contributed by atoms with Crippen LogP contribution >= 0.6 is 11.6 Å². The summed E-state index contributed by atoms with van der Waals surface area (Å²) >= 11 is 5.72. The normalized spacial score (nSPS) is 17.6. The number of hydrogen-bond acceptors (Lipinski definition) is 2. The van der Waals surface area contributed by atoms with Crippen molar-refractivity contribution in [3.63, 3.8) is 0 Å². The van der Waals surface area contributed by atoms with Crippen molar-refractivity contribution < 1.29 is 8.42 Å². The maximum atomic E-state index is 12.5. The van der Waals surface area contributed by atoms with Crippen LogP contribution < -0.4 is 0 Å². The first-order valence-corrected chi connectivity index (χ1v) is 8.79. The van der Waals surface area contributed by atoms with E-state index in [0.29, 0.717) is 12.4 Å². The summed E-state index contributed by atoms with van der Waals surface area (Å²) in [6, 6.07) is 9.96.